The van der Waals surface area contributed by atoms with Crippen molar-refractivity contribution >= 4 is 40.5 Å². The maximum atomic E-state index is 12.2. The Morgan fingerprint density at radius 2 is 1.46 bits per heavy atom. The molecule has 0 spiro atoms. The normalized spacial score (nSPS) is 10.2. The molecule has 3 N–H and O–H groups in total. The number of rotatable bonds is 5. The minimum absolute atomic E-state index is 0.0727. The zero-order valence-corrected chi connectivity index (χ0v) is 15.6. The first-order chi connectivity index (χ1) is 12.3. The highest BCUT2D eigenvalue weighted by Crippen LogP contribution is 2.15. The molecule has 0 bridgehead atoms. The van der Waals surface area contributed by atoms with Crippen LogP contribution in [0.1, 0.15) is 31.1 Å². The van der Waals surface area contributed by atoms with Gasteiger partial charge in [-0.3, -0.25) is 14.9 Å². The summed E-state index contributed by atoms with van der Waals surface area (Å²) in [7, 11) is 0. The lowest BCUT2D eigenvalue weighted by Gasteiger charge is -2.12. The van der Waals surface area contributed by atoms with Gasteiger partial charge in [-0.1, -0.05) is 0 Å². The molecule has 2 rings (SSSR count). The number of anilines is 2. The van der Waals surface area contributed by atoms with Gasteiger partial charge in [-0.15, -0.1) is 0 Å². The molecule has 2 amide bonds. The monoisotopic (exact) mass is 371 g/mol. The van der Waals surface area contributed by atoms with Crippen LogP contribution in [0.15, 0.2) is 48.5 Å². The van der Waals surface area contributed by atoms with E-state index in [0.717, 1.165) is 0 Å². The minimum Gasteiger partial charge on any atom is -0.491 e. The number of nitrogens with one attached hydrogen (secondary N) is 3. The molecule has 2 aromatic rings. The van der Waals surface area contributed by atoms with Crippen molar-refractivity contribution in [2.45, 2.75) is 26.9 Å². The van der Waals surface area contributed by atoms with Gasteiger partial charge in [-0.05, 0) is 74.6 Å². The summed E-state index contributed by atoms with van der Waals surface area (Å²) in [5.74, 6) is 0.253. The number of thiocarbonyl (C=S) groups is 1. The molecule has 0 saturated carbocycles. The third-order valence-electron chi connectivity index (χ3n) is 3.18. The molecular weight excluding hydrogens is 350 g/mol. The average Bonchev–Trinajstić information content (AvgIpc) is 2.56. The number of carbonyl (C=O) groups is 2. The molecule has 0 fully saturated rings. The number of benzene rings is 2. The Hall–Kier alpha value is -2.93. The fourth-order valence-electron chi connectivity index (χ4n) is 2.13. The molecule has 26 heavy (non-hydrogen) atoms. The molecule has 6 nitrogen and oxygen atoms in total. The first-order valence-corrected chi connectivity index (χ1v) is 8.51. The number of carbonyl (C=O) groups excluding carboxylic acids is 2. The fraction of sp³-hybridized carbons (Fsp3) is 0.211. The third kappa shape index (κ3) is 6.18. The summed E-state index contributed by atoms with van der Waals surface area (Å²) in [6, 6.07) is 13.8. The topological polar surface area (TPSA) is 79.5 Å². The van der Waals surface area contributed by atoms with Crippen LogP contribution in [0.2, 0.25) is 0 Å². The van der Waals surface area contributed by atoms with Crippen molar-refractivity contribution in [3.63, 3.8) is 0 Å². The smallest absolute Gasteiger partial charge is 0.257 e. The van der Waals surface area contributed by atoms with Crippen LogP contribution in [-0.4, -0.2) is 23.0 Å². The van der Waals surface area contributed by atoms with E-state index in [0.29, 0.717) is 22.7 Å². The quantitative estimate of drug-likeness (QED) is 0.701. The van der Waals surface area contributed by atoms with Gasteiger partial charge in [0.1, 0.15) is 5.75 Å². The van der Waals surface area contributed by atoms with E-state index in [-0.39, 0.29) is 23.0 Å². The van der Waals surface area contributed by atoms with Crippen LogP contribution in [0.5, 0.6) is 5.75 Å². The molecule has 0 heterocycles. The number of hydrogen-bond acceptors (Lipinski definition) is 4. The Labute approximate surface area is 157 Å². The van der Waals surface area contributed by atoms with Crippen LogP contribution >= 0.6 is 12.2 Å². The molecule has 136 valence electrons. The highest BCUT2D eigenvalue weighted by atomic mass is 32.1. The van der Waals surface area contributed by atoms with Crippen molar-refractivity contribution in [3.8, 4) is 5.75 Å². The molecule has 0 radical (unpaired) electrons. The van der Waals surface area contributed by atoms with Crippen molar-refractivity contribution in [2.75, 3.05) is 10.6 Å². The second-order valence-electron chi connectivity index (χ2n) is 5.86. The molecule has 7 heteroatoms. The van der Waals surface area contributed by atoms with Gasteiger partial charge >= 0.3 is 0 Å². The molecular formula is C19H21N3O3S. The van der Waals surface area contributed by atoms with Gasteiger partial charge in [-0.25, -0.2) is 0 Å². The largest absolute Gasteiger partial charge is 0.491 e. The SMILES string of the molecule is CC(=O)Nc1ccc(NC(=S)NC(=O)c2ccc(OC(C)C)cc2)cc1. The van der Waals surface area contributed by atoms with E-state index < -0.39 is 0 Å². The van der Waals surface area contributed by atoms with E-state index in [1.807, 2.05) is 13.8 Å². The standard InChI is InChI=1S/C19H21N3O3S/c1-12(2)25-17-10-4-14(5-11-17)18(24)22-19(26)21-16-8-6-15(7-9-16)20-13(3)23/h4-12H,1-3H3,(H,20,23)(H2,21,22,24,26). The van der Waals surface area contributed by atoms with E-state index in [1.54, 1.807) is 48.5 Å². The molecule has 0 saturated heterocycles. The van der Waals surface area contributed by atoms with Crippen LogP contribution in [0, 0.1) is 0 Å². The van der Waals surface area contributed by atoms with Gasteiger partial charge in [0.25, 0.3) is 5.91 Å². The fourth-order valence-corrected chi connectivity index (χ4v) is 2.35. The Kier molecular flexibility index (Phi) is 6.68. The van der Waals surface area contributed by atoms with Crippen LogP contribution in [0.25, 0.3) is 0 Å². The molecule has 0 aliphatic heterocycles. The van der Waals surface area contributed by atoms with Gasteiger partial charge in [0, 0.05) is 23.9 Å². The summed E-state index contributed by atoms with van der Waals surface area (Å²) in [4.78, 5) is 23.2. The number of ether oxygens (including phenoxy) is 1. The van der Waals surface area contributed by atoms with Crippen LogP contribution in [0.3, 0.4) is 0 Å². The highest BCUT2D eigenvalue weighted by Gasteiger charge is 2.09. The average molecular weight is 371 g/mol. The van der Waals surface area contributed by atoms with Gasteiger partial charge < -0.3 is 15.4 Å². The first kappa shape index (κ1) is 19.4. The summed E-state index contributed by atoms with van der Waals surface area (Å²) in [5.41, 5.74) is 1.86. The zero-order valence-electron chi connectivity index (χ0n) is 14.8. The zero-order chi connectivity index (χ0) is 19.1. The van der Waals surface area contributed by atoms with E-state index in [2.05, 4.69) is 16.0 Å². The highest BCUT2D eigenvalue weighted by molar-refractivity contribution is 7.80. The summed E-state index contributed by atoms with van der Waals surface area (Å²) in [5, 5.41) is 8.41. The van der Waals surface area contributed by atoms with Crippen molar-refractivity contribution in [1.29, 1.82) is 0 Å². The predicted octanol–water partition coefficient (Wildman–Crippen LogP) is 3.56. The Balaban J connectivity index is 1.90. The summed E-state index contributed by atoms with van der Waals surface area (Å²) in [6.07, 6.45) is 0.0727. The lowest BCUT2D eigenvalue weighted by Crippen LogP contribution is -2.34. The third-order valence-corrected chi connectivity index (χ3v) is 3.38. The summed E-state index contributed by atoms with van der Waals surface area (Å²) >= 11 is 5.16. The van der Waals surface area contributed by atoms with Crippen LogP contribution in [-0.2, 0) is 4.79 Å². The second kappa shape index (κ2) is 8.96. The lowest BCUT2D eigenvalue weighted by atomic mass is 10.2. The summed E-state index contributed by atoms with van der Waals surface area (Å²) < 4.78 is 5.55. The van der Waals surface area contributed by atoms with E-state index >= 15 is 0 Å². The molecule has 0 unspecified atom stereocenters. The van der Waals surface area contributed by atoms with Crippen LogP contribution < -0.4 is 20.7 Å². The number of amides is 2. The predicted molar refractivity (Wildman–Crippen MR) is 107 cm³/mol. The molecule has 2 aromatic carbocycles. The van der Waals surface area contributed by atoms with Crippen molar-refractivity contribution in [1.82, 2.24) is 5.32 Å². The maximum Gasteiger partial charge on any atom is 0.257 e. The summed E-state index contributed by atoms with van der Waals surface area (Å²) in [6.45, 7) is 5.32. The Morgan fingerprint density at radius 1 is 0.923 bits per heavy atom. The van der Waals surface area contributed by atoms with Gasteiger partial charge in [-0.2, -0.15) is 0 Å². The minimum atomic E-state index is -0.312. The molecule has 0 atom stereocenters. The second-order valence-corrected chi connectivity index (χ2v) is 6.27. The van der Waals surface area contributed by atoms with E-state index in [1.165, 1.54) is 6.92 Å². The van der Waals surface area contributed by atoms with E-state index in [4.69, 9.17) is 17.0 Å². The first-order valence-electron chi connectivity index (χ1n) is 8.10. The lowest BCUT2D eigenvalue weighted by molar-refractivity contribution is -0.114. The number of hydrogen-bond donors (Lipinski definition) is 3. The van der Waals surface area contributed by atoms with E-state index in [9.17, 15) is 9.59 Å². The van der Waals surface area contributed by atoms with Crippen molar-refractivity contribution in [3.05, 3.63) is 54.1 Å². The Bertz CT molecular complexity index is 787. The van der Waals surface area contributed by atoms with Crippen LogP contribution in [0.4, 0.5) is 11.4 Å². The van der Waals surface area contributed by atoms with Gasteiger partial charge in [0.15, 0.2) is 5.11 Å². The van der Waals surface area contributed by atoms with Gasteiger partial charge in [0.05, 0.1) is 6.10 Å². The molecule has 0 aromatic heterocycles. The van der Waals surface area contributed by atoms with Gasteiger partial charge in [0.2, 0.25) is 5.91 Å². The maximum absolute atomic E-state index is 12.2. The molecule has 0 aliphatic rings. The molecule has 0 aliphatic carbocycles. The van der Waals surface area contributed by atoms with Crippen molar-refractivity contribution in [2.24, 2.45) is 0 Å². The van der Waals surface area contributed by atoms with Crippen molar-refractivity contribution < 1.29 is 14.3 Å². The Morgan fingerprint density at radius 3 is 1.96 bits per heavy atom.